The van der Waals surface area contributed by atoms with Crippen molar-refractivity contribution in [1.82, 2.24) is 24.5 Å². The second kappa shape index (κ2) is 10.5. The number of benzene rings is 2. The Bertz CT molecular complexity index is 1290. The topological polar surface area (TPSA) is 120 Å². The number of para-hydroxylation sites is 1. The Labute approximate surface area is 202 Å². The van der Waals surface area contributed by atoms with Crippen LogP contribution in [0.5, 0.6) is 11.8 Å². The fraction of sp³-hybridized carbons (Fsp3) is 0.280. The molecule has 1 fully saturated rings. The van der Waals surface area contributed by atoms with Gasteiger partial charge in [-0.1, -0.05) is 30.3 Å². The number of carbonyl (C=O) groups is 1. The lowest BCUT2D eigenvalue weighted by Gasteiger charge is -2.26. The molecule has 180 valence electrons. The van der Waals surface area contributed by atoms with E-state index in [1.807, 2.05) is 42.5 Å². The van der Waals surface area contributed by atoms with E-state index >= 15 is 0 Å². The molecule has 0 saturated carbocycles. The highest BCUT2D eigenvalue weighted by molar-refractivity contribution is 5.93. The number of morpholine rings is 1. The molecule has 0 spiro atoms. The highest BCUT2D eigenvalue weighted by Crippen LogP contribution is 2.28. The highest BCUT2D eigenvalue weighted by Gasteiger charge is 2.16. The zero-order chi connectivity index (χ0) is 24.0. The summed E-state index contributed by atoms with van der Waals surface area (Å²) in [5.41, 5.74) is 8.06. The summed E-state index contributed by atoms with van der Waals surface area (Å²) < 4.78 is 13.0. The van der Waals surface area contributed by atoms with E-state index in [2.05, 4.69) is 25.3 Å². The van der Waals surface area contributed by atoms with Crippen molar-refractivity contribution in [2.45, 2.75) is 6.42 Å². The minimum absolute atomic E-state index is 0.217. The summed E-state index contributed by atoms with van der Waals surface area (Å²) in [4.78, 5) is 23.1. The molecule has 5 rings (SSSR count). The molecule has 2 aromatic heterocycles. The summed E-state index contributed by atoms with van der Waals surface area (Å²) in [6, 6.07) is 16.7. The third kappa shape index (κ3) is 5.39. The Morgan fingerprint density at radius 3 is 2.57 bits per heavy atom. The SMILES string of the molecule is NC(=O)c1ccc(-c2cnn3c(NCCCN4CCOCC4)nc(Oc4ccccc4)nc23)cc1. The number of nitrogens with zero attached hydrogens (tertiary/aromatic N) is 5. The van der Waals surface area contributed by atoms with E-state index in [1.54, 1.807) is 22.8 Å². The Kier molecular flexibility index (Phi) is 6.82. The van der Waals surface area contributed by atoms with E-state index in [1.165, 1.54) is 0 Å². The number of nitrogens with two attached hydrogens (primary N) is 1. The maximum absolute atomic E-state index is 11.5. The van der Waals surface area contributed by atoms with Crippen molar-refractivity contribution in [3.63, 3.8) is 0 Å². The normalized spacial score (nSPS) is 14.2. The van der Waals surface area contributed by atoms with Crippen LogP contribution in [0.3, 0.4) is 0 Å². The van der Waals surface area contributed by atoms with Gasteiger partial charge >= 0.3 is 6.01 Å². The Balaban J connectivity index is 1.42. The number of primary amides is 1. The van der Waals surface area contributed by atoms with Crippen molar-refractivity contribution in [3.8, 4) is 22.9 Å². The average molecular weight is 474 g/mol. The molecular formula is C25H27N7O3. The smallest absolute Gasteiger partial charge is 0.327 e. The first-order chi connectivity index (χ1) is 17.2. The van der Waals surface area contributed by atoms with E-state index in [0.29, 0.717) is 22.9 Å². The molecular weight excluding hydrogens is 446 g/mol. The van der Waals surface area contributed by atoms with Gasteiger partial charge in [0.05, 0.1) is 19.4 Å². The molecule has 4 aromatic rings. The number of fused-ring (bicyclic) bond motifs is 1. The van der Waals surface area contributed by atoms with Crippen molar-refractivity contribution in [2.24, 2.45) is 5.73 Å². The number of hydrogen-bond acceptors (Lipinski definition) is 8. The van der Waals surface area contributed by atoms with Crippen molar-refractivity contribution < 1.29 is 14.3 Å². The molecule has 1 aliphatic rings. The molecule has 0 atom stereocenters. The second-order valence-electron chi connectivity index (χ2n) is 8.21. The molecule has 10 nitrogen and oxygen atoms in total. The van der Waals surface area contributed by atoms with Crippen LogP contribution in [0, 0.1) is 0 Å². The first-order valence-electron chi connectivity index (χ1n) is 11.6. The molecule has 0 aliphatic carbocycles. The maximum Gasteiger partial charge on any atom is 0.327 e. The van der Waals surface area contributed by atoms with Crippen molar-refractivity contribution in [1.29, 1.82) is 0 Å². The summed E-state index contributed by atoms with van der Waals surface area (Å²) in [6.45, 7) is 5.20. The van der Waals surface area contributed by atoms with Gasteiger partial charge in [-0.25, -0.2) is 0 Å². The van der Waals surface area contributed by atoms with E-state index in [-0.39, 0.29) is 6.01 Å². The van der Waals surface area contributed by atoms with Gasteiger partial charge in [-0.3, -0.25) is 9.69 Å². The fourth-order valence-electron chi connectivity index (χ4n) is 3.96. The zero-order valence-corrected chi connectivity index (χ0v) is 19.3. The summed E-state index contributed by atoms with van der Waals surface area (Å²) in [5, 5.41) is 7.92. The molecule has 3 N–H and O–H groups in total. The predicted octanol–water partition coefficient (Wildman–Crippen LogP) is 2.82. The molecule has 1 aliphatic heterocycles. The van der Waals surface area contributed by atoms with Gasteiger partial charge in [0.2, 0.25) is 11.9 Å². The largest absolute Gasteiger partial charge is 0.424 e. The Hall–Kier alpha value is -4.02. The van der Waals surface area contributed by atoms with E-state index in [0.717, 1.165) is 56.9 Å². The van der Waals surface area contributed by atoms with Crippen molar-refractivity contribution in [2.75, 3.05) is 44.7 Å². The lowest BCUT2D eigenvalue weighted by Crippen LogP contribution is -2.37. The van der Waals surface area contributed by atoms with Crippen LogP contribution in [-0.2, 0) is 4.74 Å². The number of hydrogen-bond donors (Lipinski definition) is 2. The van der Waals surface area contributed by atoms with Gasteiger partial charge in [-0.15, -0.1) is 0 Å². The van der Waals surface area contributed by atoms with Crippen LogP contribution in [0.2, 0.25) is 0 Å². The van der Waals surface area contributed by atoms with Gasteiger partial charge in [-0.05, 0) is 42.8 Å². The van der Waals surface area contributed by atoms with Gasteiger partial charge in [0.1, 0.15) is 5.75 Å². The number of carbonyl (C=O) groups excluding carboxylic acids is 1. The summed E-state index contributed by atoms with van der Waals surface area (Å²) >= 11 is 0. The summed E-state index contributed by atoms with van der Waals surface area (Å²) in [5.74, 6) is 0.714. The number of rotatable bonds is 9. The fourth-order valence-corrected chi connectivity index (χ4v) is 3.96. The number of amides is 1. The molecule has 3 heterocycles. The maximum atomic E-state index is 11.5. The minimum atomic E-state index is -0.471. The average Bonchev–Trinajstić information content (AvgIpc) is 3.32. The first kappa shape index (κ1) is 22.8. The Morgan fingerprint density at radius 2 is 1.83 bits per heavy atom. The summed E-state index contributed by atoms with van der Waals surface area (Å²) in [7, 11) is 0. The zero-order valence-electron chi connectivity index (χ0n) is 19.3. The third-order valence-corrected chi connectivity index (χ3v) is 5.82. The lowest BCUT2D eigenvalue weighted by molar-refractivity contribution is 0.0378. The van der Waals surface area contributed by atoms with Crippen molar-refractivity contribution >= 4 is 17.5 Å². The van der Waals surface area contributed by atoms with E-state index < -0.39 is 5.91 Å². The van der Waals surface area contributed by atoms with E-state index in [4.69, 9.17) is 15.2 Å². The van der Waals surface area contributed by atoms with Crippen LogP contribution in [0.4, 0.5) is 5.95 Å². The Morgan fingerprint density at radius 1 is 1.06 bits per heavy atom. The highest BCUT2D eigenvalue weighted by atomic mass is 16.5. The molecule has 2 aromatic carbocycles. The quantitative estimate of drug-likeness (QED) is 0.356. The van der Waals surface area contributed by atoms with Gasteiger partial charge in [0.15, 0.2) is 5.65 Å². The van der Waals surface area contributed by atoms with Crippen LogP contribution >= 0.6 is 0 Å². The minimum Gasteiger partial charge on any atom is -0.424 e. The first-order valence-corrected chi connectivity index (χ1v) is 11.6. The number of anilines is 1. The molecule has 0 bridgehead atoms. The standard InChI is InChI=1S/C25H27N7O3/c26-22(33)19-9-7-18(8-10-19)21-17-28-32-23(21)29-25(35-20-5-2-1-3-6-20)30-24(32)27-11-4-12-31-13-15-34-16-14-31/h1-3,5-10,17H,4,11-16H2,(H2,26,33)(H,27,29,30). The van der Waals surface area contributed by atoms with Gasteiger partial charge in [-0.2, -0.15) is 19.6 Å². The van der Waals surface area contributed by atoms with Crippen LogP contribution in [0.25, 0.3) is 16.8 Å². The van der Waals surface area contributed by atoms with Gasteiger partial charge < -0.3 is 20.5 Å². The number of aromatic nitrogens is 4. The van der Waals surface area contributed by atoms with Crippen LogP contribution in [-0.4, -0.2) is 69.8 Å². The molecule has 1 saturated heterocycles. The molecule has 35 heavy (non-hydrogen) atoms. The van der Waals surface area contributed by atoms with Crippen LogP contribution in [0.15, 0.2) is 60.8 Å². The van der Waals surface area contributed by atoms with Crippen LogP contribution < -0.4 is 15.8 Å². The third-order valence-electron chi connectivity index (χ3n) is 5.82. The van der Waals surface area contributed by atoms with E-state index in [9.17, 15) is 4.79 Å². The molecule has 0 radical (unpaired) electrons. The van der Waals surface area contributed by atoms with Gasteiger partial charge in [0, 0.05) is 30.8 Å². The number of nitrogens with one attached hydrogen (secondary N) is 1. The molecule has 0 unspecified atom stereocenters. The number of ether oxygens (including phenoxy) is 2. The van der Waals surface area contributed by atoms with Gasteiger partial charge in [0.25, 0.3) is 0 Å². The monoisotopic (exact) mass is 473 g/mol. The van der Waals surface area contributed by atoms with Crippen molar-refractivity contribution in [3.05, 3.63) is 66.4 Å². The second-order valence-corrected chi connectivity index (χ2v) is 8.21. The van der Waals surface area contributed by atoms with Crippen LogP contribution in [0.1, 0.15) is 16.8 Å². The predicted molar refractivity (Wildman–Crippen MR) is 132 cm³/mol. The molecule has 1 amide bonds. The molecule has 10 heteroatoms. The summed E-state index contributed by atoms with van der Waals surface area (Å²) in [6.07, 6.45) is 2.68. The lowest BCUT2D eigenvalue weighted by atomic mass is 10.1.